The van der Waals surface area contributed by atoms with Gasteiger partial charge in [0, 0.05) is 26.0 Å². The summed E-state index contributed by atoms with van der Waals surface area (Å²) in [7, 11) is 0. The Labute approximate surface area is 117 Å². The summed E-state index contributed by atoms with van der Waals surface area (Å²) in [6.45, 7) is 1.55. The molecule has 0 spiro atoms. The number of nitrogens with one attached hydrogen (secondary N) is 1. The molecule has 1 atom stereocenters. The van der Waals surface area contributed by atoms with Crippen molar-refractivity contribution in [3.8, 4) is 6.07 Å². The normalized spacial score (nSPS) is 17.1. The maximum Gasteiger partial charge on any atom is 0.308 e. The third-order valence-electron chi connectivity index (χ3n) is 3.54. The SMILES string of the molecule is N#Cc1ccnc(NCC(C(=O)O)C2CCOCC2)c1. The highest BCUT2D eigenvalue weighted by Gasteiger charge is 2.29. The van der Waals surface area contributed by atoms with Crippen molar-refractivity contribution in [2.24, 2.45) is 11.8 Å². The van der Waals surface area contributed by atoms with Crippen LogP contribution < -0.4 is 5.32 Å². The highest BCUT2D eigenvalue weighted by atomic mass is 16.5. The fourth-order valence-electron chi connectivity index (χ4n) is 2.39. The van der Waals surface area contributed by atoms with E-state index in [1.54, 1.807) is 12.1 Å². The van der Waals surface area contributed by atoms with Gasteiger partial charge in [-0.1, -0.05) is 0 Å². The van der Waals surface area contributed by atoms with Gasteiger partial charge >= 0.3 is 5.97 Å². The smallest absolute Gasteiger partial charge is 0.308 e. The van der Waals surface area contributed by atoms with Crippen LogP contribution in [0.4, 0.5) is 5.82 Å². The van der Waals surface area contributed by atoms with Gasteiger partial charge in [0.1, 0.15) is 5.82 Å². The molecule has 1 aromatic heterocycles. The van der Waals surface area contributed by atoms with Gasteiger partial charge in [0.2, 0.25) is 0 Å². The van der Waals surface area contributed by atoms with Gasteiger partial charge in [-0.05, 0) is 30.9 Å². The second-order valence-corrected chi connectivity index (χ2v) is 4.82. The molecule has 6 nitrogen and oxygen atoms in total. The van der Waals surface area contributed by atoms with Crippen molar-refractivity contribution in [1.29, 1.82) is 5.26 Å². The number of hydrogen-bond donors (Lipinski definition) is 2. The largest absolute Gasteiger partial charge is 0.481 e. The molecular weight excluding hydrogens is 258 g/mol. The van der Waals surface area contributed by atoms with Gasteiger partial charge in [-0.25, -0.2) is 4.98 Å². The van der Waals surface area contributed by atoms with Crippen LogP contribution in [0.5, 0.6) is 0 Å². The van der Waals surface area contributed by atoms with Gasteiger partial charge in [0.15, 0.2) is 0 Å². The number of rotatable bonds is 5. The third-order valence-corrected chi connectivity index (χ3v) is 3.54. The van der Waals surface area contributed by atoms with Crippen LogP contribution in [0.25, 0.3) is 0 Å². The number of carbonyl (C=O) groups is 1. The Hall–Kier alpha value is -2.13. The summed E-state index contributed by atoms with van der Waals surface area (Å²) in [5.41, 5.74) is 0.500. The fraction of sp³-hybridized carbons (Fsp3) is 0.500. The minimum absolute atomic E-state index is 0.118. The average Bonchev–Trinajstić information content (AvgIpc) is 2.48. The maximum atomic E-state index is 11.4. The van der Waals surface area contributed by atoms with Crippen molar-refractivity contribution < 1.29 is 14.6 Å². The van der Waals surface area contributed by atoms with Crippen LogP contribution in [0.1, 0.15) is 18.4 Å². The second-order valence-electron chi connectivity index (χ2n) is 4.82. The molecular formula is C14H17N3O3. The van der Waals surface area contributed by atoms with Crippen molar-refractivity contribution in [2.75, 3.05) is 25.1 Å². The summed E-state index contributed by atoms with van der Waals surface area (Å²) in [4.78, 5) is 15.5. The Balaban J connectivity index is 1.98. The predicted molar refractivity (Wildman–Crippen MR) is 72.1 cm³/mol. The number of carboxylic acid groups (broad SMARTS) is 1. The Morgan fingerprint density at radius 1 is 1.60 bits per heavy atom. The lowest BCUT2D eigenvalue weighted by molar-refractivity contribution is -0.144. The molecule has 2 heterocycles. The predicted octanol–water partition coefficient (Wildman–Crippen LogP) is 1.49. The molecule has 0 amide bonds. The lowest BCUT2D eigenvalue weighted by atomic mass is 9.86. The molecule has 1 aromatic rings. The topological polar surface area (TPSA) is 95.2 Å². The molecule has 1 unspecified atom stereocenters. The van der Waals surface area contributed by atoms with E-state index in [4.69, 9.17) is 10.00 Å². The highest BCUT2D eigenvalue weighted by Crippen LogP contribution is 2.24. The van der Waals surface area contributed by atoms with Crippen LogP contribution in [0.15, 0.2) is 18.3 Å². The summed E-state index contributed by atoms with van der Waals surface area (Å²) in [5, 5.41) is 21.2. The quantitative estimate of drug-likeness (QED) is 0.845. The fourth-order valence-corrected chi connectivity index (χ4v) is 2.39. The van der Waals surface area contributed by atoms with Gasteiger partial charge in [-0.2, -0.15) is 5.26 Å². The van der Waals surface area contributed by atoms with Crippen LogP contribution in [0.3, 0.4) is 0 Å². The Kier molecular flexibility index (Phi) is 4.91. The minimum atomic E-state index is -0.805. The summed E-state index contributed by atoms with van der Waals surface area (Å²) in [5.74, 6) is -0.623. The number of hydrogen-bond acceptors (Lipinski definition) is 5. The first kappa shape index (κ1) is 14.3. The zero-order chi connectivity index (χ0) is 14.4. The molecule has 106 valence electrons. The standard InChI is InChI=1S/C14H17N3O3/c15-8-10-1-4-16-13(7-10)17-9-12(14(18)19)11-2-5-20-6-3-11/h1,4,7,11-12H,2-3,5-6,9H2,(H,16,17)(H,18,19). The van der Waals surface area contributed by atoms with E-state index in [1.807, 2.05) is 6.07 Å². The Morgan fingerprint density at radius 2 is 2.35 bits per heavy atom. The molecule has 0 aliphatic carbocycles. The van der Waals surface area contributed by atoms with Crippen molar-refractivity contribution >= 4 is 11.8 Å². The summed E-state index contributed by atoms with van der Waals surface area (Å²) in [6.07, 6.45) is 3.07. The number of pyridine rings is 1. The number of nitrogens with zero attached hydrogens (tertiary/aromatic N) is 2. The van der Waals surface area contributed by atoms with E-state index >= 15 is 0 Å². The van der Waals surface area contributed by atoms with E-state index < -0.39 is 11.9 Å². The molecule has 20 heavy (non-hydrogen) atoms. The molecule has 2 rings (SSSR count). The van der Waals surface area contributed by atoms with Crippen LogP contribution in [-0.2, 0) is 9.53 Å². The van der Waals surface area contributed by atoms with Gasteiger partial charge < -0.3 is 15.2 Å². The van der Waals surface area contributed by atoms with Crippen molar-refractivity contribution in [3.63, 3.8) is 0 Å². The summed E-state index contributed by atoms with van der Waals surface area (Å²) in [6, 6.07) is 5.25. The number of anilines is 1. The first-order valence-electron chi connectivity index (χ1n) is 6.61. The van der Waals surface area contributed by atoms with Crippen LogP contribution in [0.2, 0.25) is 0 Å². The Bertz CT molecular complexity index is 507. The molecule has 1 fully saturated rings. The van der Waals surface area contributed by atoms with Gasteiger partial charge in [0.05, 0.1) is 17.6 Å². The summed E-state index contributed by atoms with van der Waals surface area (Å²) < 4.78 is 5.26. The molecule has 0 saturated carbocycles. The van der Waals surface area contributed by atoms with Crippen LogP contribution >= 0.6 is 0 Å². The van der Waals surface area contributed by atoms with Crippen molar-refractivity contribution in [3.05, 3.63) is 23.9 Å². The lowest BCUT2D eigenvalue weighted by Gasteiger charge is -2.27. The van der Waals surface area contributed by atoms with E-state index in [2.05, 4.69) is 10.3 Å². The molecule has 6 heteroatoms. The minimum Gasteiger partial charge on any atom is -0.481 e. The monoisotopic (exact) mass is 275 g/mol. The van der Waals surface area contributed by atoms with Crippen LogP contribution in [0, 0.1) is 23.2 Å². The third kappa shape index (κ3) is 3.68. The molecule has 0 aromatic carbocycles. The average molecular weight is 275 g/mol. The molecule has 0 bridgehead atoms. The van der Waals surface area contributed by atoms with Crippen molar-refractivity contribution in [1.82, 2.24) is 4.98 Å². The number of carboxylic acids is 1. The van der Waals surface area contributed by atoms with Crippen LogP contribution in [-0.4, -0.2) is 35.8 Å². The zero-order valence-electron chi connectivity index (χ0n) is 11.1. The maximum absolute atomic E-state index is 11.4. The molecule has 2 N–H and O–H groups in total. The molecule has 1 aliphatic heterocycles. The second kappa shape index (κ2) is 6.87. The van der Waals surface area contributed by atoms with E-state index in [1.165, 1.54) is 6.20 Å². The Morgan fingerprint density at radius 3 is 3.00 bits per heavy atom. The van der Waals surface area contributed by atoms with E-state index in [9.17, 15) is 9.90 Å². The van der Waals surface area contributed by atoms with Crippen molar-refractivity contribution in [2.45, 2.75) is 12.8 Å². The van der Waals surface area contributed by atoms with E-state index in [0.29, 0.717) is 31.1 Å². The van der Waals surface area contributed by atoms with E-state index in [0.717, 1.165) is 12.8 Å². The number of aromatic nitrogens is 1. The molecule has 1 aliphatic rings. The van der Waals surface area contributed by atoms with Gasteiger partial charge in [-0.3, -0.25) is 4.79 Å². The highest BCUT2D eigenvalue weighted by molar-refractivity contribution is 5.71. The number of ether oxygens (including phenoxy) is 1. The van der Waals surface area contributed by atoms with Gasteiger partial charge in [0.25, 0.3) is 0 Å². The lowest BCUT2D eigenvalue weighted by Crippen LogP contribution is -2.34. The molecule has 0 radical (unpaired) electrons. The first-order valence-corrected chi connectivity index (χ1v) is 6.61. The number of aliphatic carboxylic acids is 1. The molecule has 1 saturated heterocycles. The number of nitriles is 1. The summed E-state index contributed by atoms with van der Waals surface area (Å²) >= 11 is 0. The van der Waals surface area contributed by atoms with E-state index in [-0.39, 0.29) is 5.92 Å². The first-order chi connectivity index (χ1) is 9.70. The van der Waals surface area contributed by atoms with Gasteiger partial charge in [-0.15, -0.1) is 0 Å². The zero-order valence-corrected chi connectivity index (χ0v) is 11.1.